The Labute approximate surface area is 123 Å². The molecule has 20 heavy (non-hydrogen) atoms. The number of hydrogen-bond donors (Lipinski definition) is 1. The summed E-state index contributed by atoms with van der Waals surface area (Å²) in [5.74, 6) is 0.892. The highest BCUT2D eigenvalue weighted by Crippen LogP contribution is 2.32. The average Bonchev–Trinajstić information content (AvgIpc) is 2.80. The van der Waals surface area contributed by atoms with Crippen LogP contribution >= 0.6 is 11.3 Å². The van der Waals surface area contributed by atoms with Crippen molar-refractivity contribution >= 4 is 16.5 Å². The molecule has 2 N–H and O–H groups in total. The van der Waals surface area contributed by atoms with Crippen molar-refractivity contribution in [1.29, 1.82) is 0 Å². The largest absolute Gasteiger partial charge is 0.493 e. The normalized spacial score (nSPS) is 10.8. The highest BCUT2D eigenvalue weighted by Gasteiger charge is 2.11. The number of rotatable bonds is 6. The van der Waals surface area contributed by atoms with E-state index in [1.165, 1.54) is 11.3 Å². The number of benzene rings is 1. The SMILES string of the molecule is COCCCOc1cc(C)c(-c2csc(N)n2)c(C)c1. The fraction of sp³-hybridized carbons (Fsp3) is 0.400. The molecule has 0 unspecified atom stereocenters. The van der Waals surface area contributed by atoms with Crippen molar-refractivity contribution in [2.75, 3.05) is 26.1 Å². The van der Waals surface area contributed by atoms with Gasteiger partial charge < -0.3 is 15.2 Å². The summed E-state index contributed by atoms with van der Waals surface area (Å²) in [5, 5.41) is 2.59. The highest BCUT2D eigenvalue weighted by atomic mass is 32.1. The molecule has 0 amide bonds. The molecule has 0 bridgehead atoms. The summed E-state index contributed by atoms with van der Waals surface area (Å²) in [5.41, 5.74) is 10.1. The summed E-state index contributed by atoms with van der Waals surface area (Å²) < 4.78 is 10.8. The minimum atomic E-state index is 0.596. The van der Waals surface area contributed by atoms with Gasteiger partial charge in [-0.2, -0.15) is 0 Å². The van der Waals surface area contributed by atoms with Gasteiger partial charge >= 0.3 is 0 Å². The zero-order chi connectivity index (χ0) is 14.5. The van der Waals surface area contributed by atoms with Crippen molar-refractivity contribution in [3.63, 3.8) is 0 Å². The van der Waals surface area contributed by atoms with Crippen LogP contribution in [0.15, 0.2) is 17.5 Å². The van der Waals surface area contributed by atoms with Crippen LogP contribution in [0.3, 0.4) is 0 Å². The van der Waals surface area contributed by atoms with Crippen LogP contribution in [0.2, 0.25) is 0 Å². The minimum Gasteiger partial charge on any atom is -0.493 e. The summed E-state index contributed by atoms with van der Waals surface area (Å²) in [6.07, 6.45) is 0.888. The van der Waals surface area contributed by atoms with Gasteiger partial charge in [0.05, 0.1) is 12.3 Å². The third-order valence-corrected chi connectivity index (χ3v) is 3.72. The van der Waals surface area contributed by atoms with Crippen LogP contribution in [0, 0.1) is 13.8 Å². The standard InChI is InChI=1S/C15H20N2O2S/c1-10-7-12(19-6-4-5-18-3)8-11(2)14(10)13-9-20-15(16)17-13/h7-9H,4-6H2,1-3H3,(H2,16,17). The number of hydrogen-bond acceptors (Lipinski definition) is 5. The number of nitrogens with two attached hydrogens (primary N) is 1. The van der Waals surface area contributed by atoms with Gasteiger partial charge in [-0.25, -0.2) is 4.98 Å². The number of aryl methyl sites for hydroxylation is 2. The summed E-state index contributed by atoms with van der Waals surface area (Å²) >= 11 is 1.46. The first-order valence-electron chi connectivity index (χ1n) is 6.56. The molecule has 0 radical (unpaired) electrons. The van der Waals surface area contributed by atoms with Gasteiger partial charge in [0.1, 0.15) is 5.75 Å². The summed E-state index contributed by atoms with van der Waals surface area (Å²) in [4.78, 5) is 4.36. The van der Waals surface area contributed by atoms with Crippen LogP contribution in [0.5, 0.6) is 5.75 Å². The number of anilines is 1. The maximum absolute atomic E-state index is 5.74. The van der Waals surface area contributed by atoms with Crippen molar-refractivity contribution < 1.29 is 9.47 Å². The van der Waals surface area contributed by atoms with E-state index in [0.717, 1.165) is 34.6 Å². The Bertz CT molecular complexity index is 558. The van der Waals surface area contributed by atoms with E-state index in [1.807, 2.05) is 17.5 Å². The van der Waals surface area contributed by atoms with Crippen molar-refractivity contribution in [3.8, 4) is 17.0 Å². The van der Waals surface area contributed by atoms with Gasteiger partial charge in [0.25, 0.3) is 0 Å². The first kappa shape index (κ1) is 14.8. The van der Waals surface area contributed by atoms with E-state index in [-0.39, 0.29) is 0 Å². The molecule has 0 saturated heterocycles. The molecule has 0 saturated carbocycles. The van der Waals surface area contributed by atoms with E-state index >= 15 is 0 Å². The topological polar surface area (TPSA) is 57.4 Å². The summed E-state index contributed by atoms with van der Waals surface area (Å²) in [6.45, 7) is 5.52. The van der Waals surface area contributed by atoms with E-state index < -0.39 is 0 Å². The Balaban J connectivity index is 2.16. The molecule has 108 valence electrons. The lowest BCUT2D eigenvalue weighted by Crippen LogP contribution is -2.02. The third-order valence-electron chi connectivity index (χ3n) is 3.05. The molecule has 1 aromatic heterocycles. The quantitative estimate of drug-likeness (QED) is 0.829. The van der Waals surface area contributed by atoms with Crippen LogP contribution in [-0.4, -0.2) is 25.3 Å². The predicted molar refractivity (Wildman–Crippen MR) is 83.4 cm³/mol. The van der Waals surface area contributed by atoms with E-state index in [2.05, 4.69) is 18.8 Å². The zero-order valence-corrected chi connectivity index (χ0v) is 12.9. The molecular formula is C15H20N2O2S. The zero-order valence-electron chi connectivity index (χ0n) is 12.1. The Morgan fingerprint density at radius 2 is 1.90 bits per heavy atom. The van der Waals surface area contributed by atoms with E-state index in [0.29, 0.717) is 18.3 Å². The molecule has 4 nitrogen and oxygen atoms in total. The second kappa shape index (κ2) is 6.72. The fourth-order valence-corrected chi connectivity index (χ4v) is 2.76. The molecule has 0 fully saturated rings. The molecule has 1 aromatic carbocycles. The molecule has 5 heteroatoms. The van der Waals surface area contributed by atoms with Gasteiger partial charge in [-0.3, -0.25) is 0 Å². The number of aromatic nitrogens is 1. The lowest BCUT2D eigenvalue weighted by atomic mass is 10.0. The smallest absolute Gasteiger partial charge is 0.180 e. The first-order chi connectivity index (χ1) is 9.61. The van der Waals surface area contributed by atoms with Gasteiger partial charge in [-0.1, -0.05) is 0 Å². The second-order valence-electron chi connectivity index (χ2n) is 4.70. The van der Waals surface area contributed by atoms with E-state index in [9.17, 15) is 0 Å². The number of methoxy groups -OCH3 is 1. The first-order valence-corrected chi connectivity index (χ1v) is 7.44. The lowest BCUT2D eigenvalue weighted by Gasteiger charge is -2.12. The maximum Gasteiger partial charge on any atom is 0.180 e. The Kier molecular flexibility index (Phi) is 4.98. The Morgan fingerprint density at radius 1 is 1.20 bits per heavy atom. The third kappa shape index (κ3) is 3.49. The van der Waals surface area contributed by atoms with Crippen molar-refractivity contribution in [2.24, 2.45) is 0 Å². The molecule has 0 aliphatic carbocycles. The van der Waals surface area contributed by atoms with Gasteiger partial charge in [0.15, 0.2) is 5.13 Å². The van der Waals surface area contributed by atoms with Crippen LogP contribution in [0.1, 0.15) is 17.5 Å². The van der Waals surface area contributed by atoms with Gasteiger partial charge in [-0.15, -0.1) is 11.3 Å². The summed E-state index contributed by atoms with van der Waals surface area (Å²) in [6, 6.07) is 4.09. The molecule has 1 heterocycles. The second-order valence-corrected chi connectivity index (χ2v) is 5.59. The molecule has 2 rings (SSSR count). The molecule has 0 spiro atoms. The van der Waals surface area contributed by atoms with E-state index in [4.69, 9.17) is 15.2 Å². The van der Waals surface area contributed by atoms with Gasteiger partial charge in [0, 0.05) is 31.1 Å². The van der Waals surface area contributed by atoms with Crippen molar-refractivity contribution in [1.82, 2.24) is 4.98 Å². The molecule has 0 aliphatic rings. The fourth-order valence-electron chi connectivity index (χ4n) is 2.21. The maximum atomic E-state index is 5.74. The highest BCUT2D eigenvalue weighted by molar-refractivity contribution is 7.13. The number of nitrogens with zero attached hydrogens (tertiary/aromatic N) is 1. The van der Waals surface area contributed by atoms with Crippen molar-refractivity contribution in [2.45, 2.75) is 20.3 Å². The van der Waals surface area contributed by atoms with Gasteiger partial charge in [0.2, 0.25) is 0 Å². The van der Waals surface area contributed by atoms with Crippen LogP contribution in [0.25, 0.3) is 11.3 Å². The van der Waals surface area contributed by atoms with Crippen molar-refractivity contribution in [3.05, 3.63) is 28.6 Å². The Hall–Kier alpha value is -1.59. The minimum absolute atomic E-state index is 0.596. The molecule has 2 aromatic rings. The molecule has 0 atom stereocenters. The summed E-state index contributed by atoms with van der Waals surface area (Å²) in [7, 11) is 1.70. The van der Waals surface area contributed by atoms with Crippen LogP contribution in [-0.2, 0) is 4.74 Å². The predicted octanol–water partition coefficient (Wildman–Crippen LogP) is 3.42. The number of ether oxygens (including phenoxy) is 2. The van der Waals surface area contributed by atoms with Gasteiger partial charge in [-0.05, 0) is 37.1 Å². The number of nitrogen functional groups attached to an aromatic ring is 1. The molecular weight excluding hydrogens is 272 g/mol. The number of thiazole rings is 1. The molecule has 0 aliphatic heterocycles. The lowest BCUT2D eigenvalue weighted by molar-refractivity contribution is 0.172. The van der Waals surface area contributed by atoms with Crippen LogP contribution in [0.4, 0.5) is 5.13 Å². The average molecular weight is 292 g/mol. The Morgan fingerprint density at radius 3 is 2.45 bits per heavy atom. The monoisotopic (exact) mass is 292 g/mol. The van der Waals surface area contributed by atoms with Crippen LogP contribution < -0.4 is 10.5 Å². The van der Waals surface area contributed by atoms with E-state index in [1.54, 1.807) is 7.11 Å².